The van der Waals surface area contributed by atoms with Gasteiger partial charge in [0.2, 0.25) is 0 Å². The van der Waals surface area contributed by atoms with E-state index in [4.69, 9.17) is 11.6 Å². The van der Waals surface area contributed by atoms with Gasteiger partial charge in [-0.05, 0) is 18.2 Å². The SMILES string of the molecule is OC1c2c(C(F)(F)F)cn(-c3cccc(Cl)c3)c2CC1(F)F. The van der Waals surface area contributed by atoms with Crippen molar-refractivity contribution in [3.63, 3.8) is 0 Å². The summed E-state index contributed by atoms with van der Waals surface area (Å²) in [5.41, 5.74) is -2.05. The Labute approximate surface area is 126 Å². The fourth-order valence-corrected chi connectivity index (χ4v) is 2.85. The van der Waals surface area contributed by atoms with Crippen molar-refractivity contribution in [1.29, 1.82) is 0 Å². The number of hydrogen-bond donors (Lipinski definition) is 1. The average molecular weight is 338 g/mol. The predicted molar refractivity (Wildman–Crippen MR) is 69.4 cm³/mol. The van der Waals surface area contributed by atoms with Crippen LogP contribution in [0.3, 0.4) is 0 Å². The number of nitrogens with zero attached hydrogens (tertiary/aromatic N) is 1. The molecule has 2 nitrogen and oxygen atoms in total. The van der Waals surface area contributed by atoms with Crippen LogP contribution in [0.25, 0.3) is 5.69 Å². The van der Waals surface area contributed by atoms with Crippen LogP contribution in [0.15, 0.2) is 30.5 Å². The van der Waals surface area contributed by atoms with E-state index >= 15 is 0 Å². The molecule has 0 saturated carbocycles. The molecule has 1 N–H and O–H groups in total. The third kappa shape index (κ3) is 2.28. The maximum Gasteiger partial charge on any atom is 0.418 e. The lowest BCUT2D eigenvalue weighted by molar-refractivity contribution is -0.142. The molecule has 0 spiro atoms. The Morgan fingerprint density at radius 2 is 1.95 bits per heavy atom. The molecular weight excluding hydrogens is 329 g/mol. The van der Waals surface area contributed by atoms with Gasteiger partial charge in [-0.3, -0.25) is 0 Å². The average Bonchev–Trinajstić information content (AvgIpc) is 2.85. The second kappa shape index (κ2) is 4.70. The summed E-state index contributed by atoms with van der Waals surface area (Å²) >= 11 is 5.79. The van der Waals surface area contributed by atoms with Crippen LogP contribution in [0.4, 0.5) is 22.0 Å². The lowest BCUT2D eigenvalue weighted by atomic mass is 10.1. The van der Waals surface area contributed by atoms with E-state index in [-0.39, 0.29) is 16.4 Å². The monoisotopic (exact) mass is 337 g/mol. The van der Waals surface area contributed by atoms with Gasteiger partial charge < -0.3 is 9.67 Å². The molecule has 2 aromatic rings. The molecule has 0 fully saturated rings. The molecule has 8 heteroatoms. The van der Waals surface area contributed by atoms with Gasteiger partial charge in [-0.25, -0.2) is 8.78 Å². The number of alkyl halides is 5. The fraction of sp³-hybridized carbons (Fsp3) is 0.286. The third-order valence-corrected chi connectivity index (χ3v) is 3.85. The lowest BCUT2D eigenvalue weighted by Gasteiger charge is -2.16. The second-order valence-corrected chi connectivity index (χ2v) is 5.53. The Balaban J connectivity index is 2.25. The largest absolute Gasteiger partial charge is 0.418 e. The molecule has 0 saturated heterocycles. The van der Waals surface area contributed by atoms with E-state index in [1.165, 1.54) is 24.3 Å². The normalized spacial score (nSPS) is 20.2. The minimum atomic E-state index is -4.84. The van der Waals surface area contributed by atoms with Gasteiger partial charge in [0.25, 0.3) is 5.92 Å². The van der Waals surface area contributed by atoms with Crippen molar-refractivity contribution in [3.05, 3.63) is 52.3 Å². The molecule has 1 aliphatic carbocycles. The van der Waals surface area contributed by atoms with Gasteiger partial charge in [-0.1, -0.05) is 17.7 Å². The Bertz CT molecular complexity index is 737. The molecule has 1 atom stereocenters. The zero-order valence-electron chi connectivity index (χ0n) is 10.8. The fourth-order valence-electron chi connectivity index (χ4n) is 2.66. The molecule has 3 rings (SSSR count). The number of hydrogen-bond acceptors (Lipinski definition) is 1. The van der Waals surface area contributed by atoms with Gasteiger partial charge in [0.15, 0.2) is 0 Å². The summed E-state index contributed by atoms with van der Waals surface area (Å²) in [6, 6.07) is 5.84. The Morgan fingerprint density at radius 1 is 1.27 bits per heavy atom. The van der Waals surface area contributed by atoms with Gasteiger partial charge in [0, 0.05) is 28.2 Å². The highest BCUT2D eigenvalue weighted by atomic mass is 35.5. The van der Waals surface area contributed by atoms with Crippen molar-refractivity contribution in [2.24, 2.45) is 0 Å². The van der Waals surface area contributed by atoms with E-state index in [1.54, 1.807) is 0 Å². The van der Waals surface area contributed by atoms with Crippen LogP contribution in [-0.2, 0) is 12.6 Å². The van der Waals surface area contributed by atoms with E-state index < -0.39 is 35.8 Å². The quantitative estimate of drug-likeness (QED) is 0.768. The summed E-state index contributed by atoms with van der Waals surface area (Å²) in [7, 11) is 0. The Morgan fingerprint density at radius 3 is 2.55 bits per heavy atom. The summed E-state index contributed by atoms with van der Waals surface area (Å²) in [5.74, 6) is -3.63. The molecule has 1 unspecified atom stereocenters. The first-order valence-corrected chi connectivity index (χ1v) is 6.62. The van der Waals surface area contributed by atoms with Gasteiger partial charge >= 0.3 is 6.18 Å². The summed E-state index contributed by atoms with van der Waals surface area (Å²) in [4.78, 5) is 0. The smallest absolute Gasteiger partial charge is 0.382 e. The van der Waals surface area contributed by atoms with Gasteiger partial charge in [0.1, 0.15) is 6.10 Å². The van der Waals surface area contributed by atoms with Crippen LogP contribution in [0.1, 0.15) is 22.9 Å². The first-order valence-electron chi connectivity index (χ1n) is 6.24. The van der Waals surface area contributed by atoms with Crippen molar-refractivity contribution in [1.82, 2.24) is 4.57 Å². The maximum atomic E-state index is 13.7. The Hall–Kier alpha value is -1.60. The van der Waals surface area contributed by atoms with E-state index in [9.17, 15) is 27.1 Å². The van der Waals surface area contributed by atoms with Gasteiger partial charge in [-0.2, -0.15) is 13.2 Å². The summed E-state index contributed by atoms with van der Waals surface area (Å²) in [6.45, 7) is 0. The van der Waals surface area contributed by atoms with Crippen molar-refractivity contribution in [2.45, 2.75) is 24.6 Å². The van der Waals surface area contributed by atoms with Crippen LogP contribution in [0.5, 0.6) is 0 Å². The van der Waals surface area contributed by atoms with Crippen molar-refractivity contribution < 1.29 is 27.1 Å². The zero-order valence-corrected chi connectivity index (χ0v) is 11.6. The topological polar surface area (TPSA) is 25.2 Å². The van der Waals surface area contributed by atoms with Crippen molar-refractivity contribution in [2.75, 3.05) is 0 Å². The second-order valence-electron chi connectivity index (χ2n) is 5.09. The number of aromatic nitrogens is 1. The van der Waals surface area contributed by atoms with Crippen LogP contribution in [0, 0.1) is 0 Å². The molecule has 0 bridgehead atoms. The maximum absolute atomic E-state index is 13.7. The number of rotatable bonds is 1. The first kappa shape index (κ1) is 15.3. The molecule has 0 radical (unpaired) electrons. The number of benzene rings is 1. The molecule has 1 aromatic carbocycles. The third-order valence-electron chi connectivity index (χ3n) is 3.62. The predicted octanol–water partition coefficient (Wildman–Crippen LogP) is 4.37. The zero-order chi connectivity index (χ0) is 16.3. The summed E-state index contributed by atoms with van der Waals surface area (Å²) in [6.07, 6.45) is -7.56. The van der Waals surface area contributed by atoms with E-state index in [0.29, 0.717) is 0 Å². The number of halogens is 6. The number of aliphatic hydroxyl groups is 1. The van der Waals surface area contributed by atoms with E-state index in [0.717, 1.165) is 10.8 Å². The molecule has 1 heterocycles. The highest BCUT2D eigenvalue weighted by molar-refractivity contribution is 6.30. The van der Waals surface area contributed by atoms with Crippen molar-refractivity contribution >= 4 is 11.6 Å². The summed E-state index contributed by atoms with van der Waals surface area (Å²) < 4.78 is 67.6. The standard InChI is InChI=1S/C14H9ClF5NO/c15-7-2-1-3-8(4-7)21-6-9(14(18,19)20)11-10(21)5-13(16,17)12(11)22/h1-4,6,12,22H,5H2. The molecule has 0 amide bonds. The van der Waals surface area contributed by atoms with Crippen LogP contribution >= 0.6 is 11.6 Å². The van der Waals surface area contributed by atoms with Gasteiger partial charge in [-0.15, -0.1) is 0 Å². The summed E-state index contributed by atoms with van der Waals surface area (Å²) in [5, 5.41) is 9.84. The molecule has 1 aromatic heterocycles. The molecule has 0 aliphatic heterocycles. The number of fused-ring (bicyclic) bond motifs is 1. The minimum Gasteiger partial charge on any atom is -0.382 e. The molecule has 22 heavy (non-hydrogen) atoms. The van der Waals surface area contributed by atoms with E-state index in [2.05, 4.69) is 0 Å². The lowest BCUT2D eigenvalue weighted by Crippen LogP contribution is -2.23. The van der Waals surface area contributed by atoms with Crippen molar-refractivity contribution in [3.8, 4) is 5.69 Å². The molecule has 1 aliphatic rings. The number of aliphatic hydroxyl groups excluding tert-OH is 1. The molecular formula is C14H9ClF5NO. The van der Waals surface area contributed by atoms with Gasteiger partial charge in [0.05, 0.1) is 12.0 Å². The highest BCUT2D eigenvalue weighted by Crippen LogP contribution is 2.49. The molecule has 118 valence electrons. The van der Waals surface area contributed by atoms with Crippen LogP contribution in [-0.4, -0.2) is 15.6 Å². The highest BCUT2D eigenvalue weighted by Gasteiger charge is 2.53. The van der Waals surface area contributed by atoms with E-state index in [1.807, 2.05) is 0 Å². The Kier molecular flexibility index (Phi) is 3.27. The minimum absolute atomic E-state index is 0.226. The first-order chi connectivity index (χ1) is 10.1. The van der Waals surface area contributed by atoms with Crippen LogP contribution in [0.2, 0.25) is 5.02 Å². The van der Waals surface area contributed by atoms with Crippen LogP contribution < -0.4 is 0 Å².